The molecule has 3 aliphatic rings. The second kappa shape index (κ2) is 9.35. The summed E-state index contributed by atoms with van der Waals surface area (Å²) in [5.74, 6) is 5.84. The fourth-order valence-electron chi connectivity index (χ4n) is 4.69. The molecule has 1 unspecified atom stereocenters. The summed E-state index contributed by atoms with van der Waals surface area (Å²) < 4.78 is 0. The number of likely N-dealkylation sites (tertiary alicyclic amines) is 1. The lowest BCUT2D eigenvalue weighted by atomic mass is 10.1. The number of amides is 2. The van der Waals surface area contributed by atoms with Gasteiger partial charge in [-0.15, -0.1) is 0 Å². The molecule has 9 heteroatoms. The number of carbonyl (C=O) groups excluding carboxylic acids is 2. The first kappa shape index (κ1) is 22.2. The highest BCUT2D eigenvalue weighted by Gasteiger charge is 2.43. The highest BCUT2D eigenvalue weighted by atomic mass is 16.2. The van der Waals surface area contributed by atoms with Crippen LogP contribution in [0.2, 0.25) is 0 Å². The number of carbonyl (C=O) groups is 2. The van der Waals surface area contributed by atoms with Crippen molar-refractivity contribution in [3.05, 3.63) is 77.9 Å². The Morgan fingerprint density at radius 1 is 1.20 bits per heavy atom. The number of aliphatic imine (C=N–C) groups is 1. The van der Waals surface area contributed by atoms with Crippen molar-refractivity contribution >= 4 is 29.2 Å². The van der Waals surface area contributed by atoms with E-state index < -0.39 is 0 Å². The first-order chi connectivity index (χ1) is 17.1. The number of hydrogen-bond acceptors (Lipinski definition) is 7. The Labute approximate surface area is 203 Å². The fourth-order valence-corrected chi connectivity index (χ4v) is 4.69. The van der Waals surface area contributed by atoms with Crippen molar-refractivity contribution in [3.8, 4) is 11.8 Å². The predicted molar refractivity (Wildman–Crippen MR) is 133 cm³/mol. The van der Waals surface area contributed by atoms with E-state index in [4.69, 9.17) is 5.73 Å². The second-order valence-electron chi connectivity index (χ2n) is 8.36. The Bertz CT molecular complexity index is 1300. The van der Waals surface area contributed by atoms with E-state index in [1.807, 2.05) is 34.2 Å². The molecule has 0 spiro atoms. The number of nitrogens with one attached hydrogen (secondary N) is 2. The molecule has 2 aromatic rings. The zero-order valence-electron chi connectivity index (χ0n) is 19.2. The number of fused-ring (bicyclic) bond motifs is 1. The molecule has 1 aromatic heterocycles. The molecule has 1 aromatic carbocycles. The van der Waals surface area contributed by atoms with Crippen LogP contribution in [0, 0.1) is 11.8 Å². The minimum atomic E-state index is -0.245. The first-order valence-electron chi connectivity index (χ1n) is 11.4. The van der Waals surface area contributed by atoms with E-state index in [1.165, 1.54) is 0 Å². The van der Waals surface area contributed by atoms with Gasteiger partial charge in [-0.2, -0.15) is 0 Å². The third kappa shape index (κ3) is 4.22. The van der Waals surface area contributed by atoms with Crippen molar-refractivity contribution in [2.45, 2.75) is 32.0 Å². The third-order valence-electron chi connectivity index (χ3n) is 6.27. The molecule has 35 heavy (non-hydrogen) atoms. The Morgan fingerprint density at radius 3 is 2.77 bits per heavy atom. The molecule has 3 aliphatic heterocycles. The van der Waals surface area contributed by atoms with Crippen molar-refractivity contribution in [3.63, 3.8) is 0 Å². The molecule has 0 saturated carbocycles. The van der Waals surface area contributed by atoms with E-state index in [2.05, 4.69) is 32.5 Å². The first-order valence-corrected chi connectivity index (χ1v) is 11.4. The van der Waals surface area contributed by atoms with Gasteiger partial charge in [0.25, 0.3) is 11.8 Å². The van der Waals surface area contributed by atoms with Crippen LogP contribution in [-0.4, -0.2) is 51.2 Å². The number of hydrogen-bond donors (Lipinski definition) is 3. The highest BCUT2D eigenvalue weighted by molar-refractivity contribution is 6.06. The number of nitrogens with two attached hydrogens (primary N) is 1. The van der Waals surface area contributed by atoms with Crippen LogP contribution in [0.5, 0.6) is 0 Å². The van der Waals surface area contributed by atoms with Crippen molar-refractivity contribution in [2.75, 3.05) is 11.9 Å². The second-order valence-corrected chi connectivity index (χ2v) is 8.36. The number of aromatic nitrogens is 1. The summed E-state index contributed by atoms with van der Waals surface area (Å²) in [4.78, 5) is 37.5. The lowest BCUT2D eigenvalue weighted by Crippen LogP contribution is -2.52. The van der Waals surface area contributed by atoms with Gasteiger partial charge in [-0.05, 0) is 55.5 Å². The largest absolute Gasteiger partial charge is 0.382 e. The Hall–Kier alpha value is -4.58. The third-order valence-corrected chi connectivity index (χ3v) is 6.27. The van der Waals surface area contributed by atoms with Crippen LogP contribution < -0.4 is 16.4 Å². The van der Waals surface area contributed by atoms with Gasteiger partial charge in [0.2, 0.25) is 0 Å². The lowest BCUT2D eigenvalue weighted by molar-refractivity contribution is -0.126. The van der Waals surface area contributed by atoms with E-state index in [1.54, 1.807) is 43.6 Å². The number of nitrogens with zero attached hydrogens (tertiary/aromatic N) is 4. The van der Waals surface area contributed by atoms with Gasteiger partial charge >= 0.3 is 0 Å². The monoisotopic (exact) mass is 467 g/mol. The molecule has 0 aliphatic carbocycles. The van der Waals surface area contributed by atoms with Crippen LogP contribution >= 0.6 is 0 Å². The van der Waals surface area contributed by atoms with Crippen LogP contribution in [0.25, 0.3) is 5.70 Å². The van der Waals surface area contributed by atoms with Gasteiger partial charge in [-0.25, -0.2) is 9.98 Å². The van der Waals surface area contributed by atoms with Crippen LogP contribution in [0.3, 0.4) is 0 Å². The summed E-state index contributed by atoms with van der Waals surface area (Å²) in [6, 6.07) is 12.5. The quantitative estimate of drug-likeness (QED) is 0.593. The molecule has 4 N–H and O–H groups in total. The van der Waals surface area contributed by atoms with Crippen LogP contribution in [-0.2, 0) is 4.79 Å². The Kier molecular flexibility index (Phi) is 5.94. The van der Waals surface area contributed by atoms with E-state index in [-0.39, 0.29) is 24.0 Å². The molecule has 0 radical (unpaired) electrons. The van der Waals surface area contributed by atoms with E-state index in [9.17, 15) is 9.59 Å². The van der Waals surface area contributed by atoms with Gasteiger partial charge in [0.15, 0.2) is 0 Å². The molecule has 1 fully saturated rings. The molecular formula is C26H25N7O2. The molecular weight excluding hydrogens is 442 g/mol. The Balaban J connectivity index is 1.41. The minimum absolute atomic E-state index is 0.0742. The average molecular weight is 468 g/mol. The van der Waals surface area contributed by atoms with Crippen molar-refractivity contribution < 1.29 is 9.59 Å². The molecule has 9 nitrogen and oxygen atoms in total. The molecule has 1 saturated heterocycles. The summed E-state index contributed by atoms with van der Waals surface area (Å²) >= 11 is 0. The van der Waals surface area contributed by atoms with E-state index in [0.717, 1.165) is 29.8 Å². The Morgan fingerprint density at radius 2 is 2.03 bits per heavy atom. The number of anilines is 1. The SMILES string of the molecule is CC#CC(=O)N1CCC[C@@H]1C1NC(c2ccc(C(=O)Nc3ccccn3)cc2)=C2C(N)=NC=CN21. The molecule has 5 rings (SSSR count). The van der Waals surface area contributed by atoms with Gasteiger partial charge in [0, 0.05) is 30.7 Å². The summed E-state index contributed by atoms with van der Waals surface area (Å²) in [6.45, 7) is 2.33. The predicted octanol–water partition coefficient (Wildman–Crippen LogP) is 2.09. The molecule has 176 valence electrons. The van der Waals surface area contributed by atoms with Gasteiger partial charge in [0.05, 0.1) is 11.7 Å². The normalized spacial score (nSPS) is 20.5. The standard InChI is InChI=1S/C26H25N7O2/c1-2-6-21(34)32-15-5-7-19(32)25-31-22(23-24(27)29-14-16-33(23)25)17-9-11-18(12-10-17)26(35)30-20-8-3-4-13-28-20/h3-4,8-14,16,19,25,31H,5,7,15H2,1H3,(H2,27,29)(H,28,30,35)/t19-,25?/m1/s1. The zero-order chi connectivity index (χ0) is 24.4. The van der Waals surface area contributed by atoms with Crippen LogP contribution in [0.1, 0.15) is 35.7 Å². The van der Waals surface area contributed by atoms with Crippen molar-refractivity contribution in [1.82, 2.24) is 20.1 Å². The average Bonchev–Trinajstić information content (AvgIpc) is 3.51. The highest BCUT2D eigenvalue weighted by Crippen LogP contribution is 2.35. The summed E-state index contributed by atoms with van der Waals surface area (Å²) in [6.07, 6.45) is 6.71. The topological polar surface area (TPSA) is 116 Å². The van der Waals surface area contributed by atoms with Crippen molar-refractivity contribution in [2.24, 2.45) is 10.7 Å². The smallest absolute Gasteiger partial charge is 0.298 e. The molecule has 2 atom stereocenters. The minimum Gasteiger partial charge on any atom is -0.382 e. The van der Waals surface area contributed by atoms with Crippen LogP contribution in [0.15, 0.2) is 71.8 Å². The number of rotatable bonds is 4. The molecule has 2 amide bonds. The summed E-state index contributed by atoms with van der Waals surface area (Å²) in [5, 5.41) is 6.36. The van der Waals surface area contributed by atoms with Gasteiger partial charge in [0.1, 0.15) is 23.5 Å². The maximum absolute atomic E-state index is 12.6. The number of amidine groups is 1. The van der Waals surface area contributed by atoms with Crippen LogP contribution in [0.4, 0.5) is 5.82 Å². The summed E-state index contributed by atoms with van der Waals surface area (Å²) in [5.41, 5.74) is 9.23. The lowest BCUT2D eigenvalue weighted by Gasteiger charge is -2.35. The zero-order valence-corrected chi connectivity index (χ0v) is 19.2. The van der Waals surface area contributed by atoms with E-state index >= 15 is 0 Å². The molecule has 4 heterocycles. The summed E-state index contributed by atoms with van der Waals surface area (Å²) in [7, 11) is 0. The van der Waals surface area contributed by atoms with Gasteiger partial charge in [-0.3, -0.25) is 9.59 Å². The number of pyridine rings is 1. The maximum Gasteiger partial charge on any atom is 0.298 e. The van der Waals surface area contributed by atoms with Gasteiger partial charge in [-0.1, -0.05) is 24.1 Å². The number of benzene rings is 1. The van der Waals surface area contributed by atoms with Crippen molar-refractivity contribution in [1.29, 1.82) is 0 Å². The maximum atomic E-state index is 12.6. The van der Waals surface area contributed by atoms with Gasteiger partial charge < -0.3 is 26.2 Å². The molecule has 0 bridgehead atoms. The fraction of sp³-hybridized carbons (Fsp3) is 0.231. The van der Waals surface area contributed by atoms with E-state index in [0.29, 0.717) is 23.8 Å².